The van der Waals surface area contributed by atoms with Crippen LogP contribution in [0.2, 0.25) is 0 Å². The van der Waals surface area contributed by atoms with Gasteiger partial charge in [-0.3, -0.25) is 4.79 Å². The van der Waals surface area contributed by atoms with Crippen molar-refractivity contribution in [3.05, 3.63) is 83.3 Å². The van der Waals surface area contributed by atoms with Crippen molar-refractivity contribution in [1.29, 1.82) is 0 Å². The van der Waals surface area contributed by atoms with Crippen molar-refractivity contribution >= 4 is 17.2 Å². The summed E-state index contributed by atoms with van der Waals surface area (Å²) in [6.07, 6.45) is 14.6. The first-order valence-corrected chi connectivity index (χ1v) is 8.78. The lowest BCUT2D eigenvalue weighted by Gasteiger charge is -2.20. The Hall–Kier alpha value is -2.72. The van der Waals surface area contributed by atoms with Crippen molar-refractivity contribution in [2.45, 2.75) is 0 Å². The second-order valence-corrected chi connectivity index (χ2v) is 7.17. The van der Waals surface area contributed by atoms with E-state index in [9.17, 15) is 9.18 Å². The Labute approximate surface area is 152 Å². The SMILES string of the molecule is CN(C)CC1C=C(/C=C2\C(=O)Nc3ccc(F)cc32)C2=CC=CC=CC21. The number of fused-ring (bicyclic) bond motifs is 2. The summed E-state index contributed by atoms with van der Waals surface area (Å²) >= 11 is 0. The Balaban J connectivity index is 1.77. The summed E-state index contributed by atoms with van der Waals surface area (Å²) in [7, 11) is 4.13. The molecule has 26 heavy (non-hydrogen) atoms. The van der Waals surface area contributed by atoms with Crippen molar-refractivity contribution in [3.63, 3.8) is 0 Å². The zero-order valence-corrected chi connectivity index (χ0v) is 14.9. The number of carbonyl (C=O) groups excluding carboxylic acids is 1. The van der Waals surface area contributed by atoms with Crippen molar-refractivity contribution < 1.29 is 9.18 Å². The van der Waals surface area contributed by atoms with Crippen molar-refractivity contribution in [2.75, 3.05) is 26.0 Å². The lowest BCUT2D eigenvalue weighted by molar-refractivity contribution is -0.110. The van der Waals surface area contributed by atoms with Gasteiger partial charge in [0.25, 0.3) is 5.91 Å². The van der Waals surface area contributed by atoms with E-state index in [1.807, 2.05) is 18.2 Å². The predicted molar refractivity (Wildman–Crippen MR) is 103 cm³/mol. The van der Waals surface area contributed by atoms with Crippen LogP contribution in [0.5, 0.6) is 0 Å². The van der Waals surface area contributed by atoms with E-state index in [2.05, 4.69) is 48.6 Å². The Kier molecular flexibility index (Phi) is 4.21. The van der Waals surface area contributed by atoms with E-state index in [1.54, 1.807) is 6.07 Å². The minimum atomic E-state index is -0.338. The quantitative estimate of drug-likeness (QED) is 0.839. The van der Waals surface area contributed by atoms with Gasteiger partial charge in [-0.25, -0.2) is 4.39 Å². The van der Waals surface area contributed by atoms with E-state index in [0.29, 0.717) is 22.7 Å². The number of benzene rings is 1. The van der Waals surface area contributed by atoms with Gasteiger partial charge < -0.3 is 10.2 Å². The highest BCUT2D eigenvalue weighted by atomic mass is 19.1. The smallest absolute Gasteiger partial charge is 0.256 e. The molecule has 4 rings (SSSR count). The molecule has 132 valence electrons. The molecule has 0 radical (unpaired) electrons. The zero-order chi connectivity index (χ0) is 18.3. The lowest BCUT2D eigenvalue weighted by Crippen LogP contribution is -2.23. The number of anilines is 1. The largest absolute Gasteiger partial charge is 0.321 e. The lowest BCUT2D eigenvalue weighted by atomic mass is 9.90. The molecule has 2 aliphatic carbocycles. The van der Waals surface area contributed by atoms with E-state index in [0.717, 1.165) is 12.1 Å². The standard InChI is InChI=1S/C22H21FN2O/c1-25(2)13-15-10-14(17-6-4-3-5-7-18(15)17)11-20-19-12-16(23)8-9-21(19)24-22(20)26/h3-12,15,18H,13H2,1-2H3,(H,24,26)/b20-11-. The van der Waals surface area contributed by atoms with Crippen LogP contribution in [-0.4, -0.2) is 31.4 Å². The van der Waals surface area contributed by atoms with Gasteiger partial charge >= 0.3 is 0 Å². The summed E-state index contributed by atoms with van der Waals surface area (Å²) in [6, 6.07) is 4.40. The van der Waals surface area contributed by atoms with Gasteiger partial charge in [0.05, 0.1) is 0 Å². The summed E-state index contributed by atoms with van der Waals surface area (Å²) in [5.74, 6) is 0.111. The second kappa shape index (κ2) is 6.54. The molecule has 0 fully saturated rings. The zero-order valence-electron chi connectivity index (χ0n) is 14.9. The van der Waals surface area contributed by atoms with Gasteiger partial charge in [0.2, 0.25) is 0 Å². The third-order valence-corrected chi connectivity index (χ3v) is 5.00. The van der Waals surface area contributed by atoms with Crippen LogP contribution in [0.25, 0.3) is 5.57 Å². The number of allylic oxidation sites excluding steroid dienone is 8. The maximum atomic E-state index is 13.7. The molecular weight excluding hydrogens is 327 g/mol. The average Bonchev–Trinajstić information content (AvgIpc) is 2.94. The van der Waals surface area contributed by atoms with Crippen LogP contribution >= 0.6 is 0 Å². The van der Waals surface area contributed by atoms with E-state index in [4.69, 9.17) is 0 Å². The highest BCUT2D eigenvalue weighted by molar-refractivity contribution is 6.32. The number of carbonyl (C=O) groups is 1. The third kappa shape index (κ3) is 2.97. The van der Waals surface area contributed by atoms with Crippen LogP contribution in [0.15, 0.2) is 71.9 Å². The monoisotopic (exact) mass is 348 g/mol. The molecule has 1 aromatic carbocycles. The summed E-state index contributed by atoms with van der Waals surface area (Å²) in [4.78, 5) is 14.6. The number of rotatable bonds is 3. The fourth-order valence-electron chi connectivity index (χ4n) is 3.89. The first kappa shape index (κ1) is 16.7. The van der Waals surface area contributed by atoms with Gasteiger partial charge in [-0.1, -0.05) is 36.5 Å². The number of nitrogens with zero attached hydrogens (tertiary/aromatic N) is 1. The fraction of sp³-hybridized carbons (Fsp3) is 0.227. The molecule has 1 aliphatic heterocycles. The minimum absolute atomic E-state index is 0.181. The fourth-order valence-corrected chi connectivity index (χ4v) is 3.89. The van der Waals surface area contributed by atoms with E-state index >= 15 is 0 Å². The normalized spacial score (nSPS) is 25.1. The Bertz CT molecular complexity index is 918. The third-order valence-electron chi connectivity index (χ3n) is 5.00. The molecule has 4 heteroatoms. The molecule has 1 aromatic rings. The van der Waals surface area contributed by atoms with Gasteiger partial charge in [0, 0.05) is 35.2 Å². The van der Waals surface area contributed by atoms with Crippen LogP contribution in [0.1, 0.15) is 5.56 Å². The first-order chi connectivity index (χ1) is 12.5. The van der Waals surface area contributed by atoms with Crippen molar-refractivity contribution in [1.82, 2.24) is 4.90 Å². The molecule has 0 saturated heterocycles. The van der Waals surface area contributed by atoms with Gasteiger partial charge in [0.1, 0.15) is 5.82 Å². The second-order valence-electron chi connectivity index (χ2n) is 7.17. The highest BCUT2D eigenvalue weighted by Gasteiger charge is 2.32. The number of hydrogen-bond acceptors (Lipinski definition) is 2. The summed E-state index contributed by atoms with van der Waals surface area (Å²) < 4.78 is 13.7. The molecule has 0 spiro atoms. The maximum Gasteiger partial charge on any atom is 0.256 e. The number of nitrogens with one attached hydrogen (secondary N) is 1. The number of amides is 1. The molecule has 2 unspecified atom stereocenters. The molecule has 0 saturated carbocycles. The molecule has 3 nitrogen and oxygen atoms in total. The van der Waals surface area contributed by atoms with E-state index < -0.39 is 0 Å². The van der Waals surface area contributed by atoms with Crippen LogP contribution in [0, 0.1) is 17.7 Å². The van der Waals surface area contributed by atoms with Crippen LogP contribution in [0.3, 0.4) is 0 Å². The molecule has 1 N–H and O–H groups in total. The number of halogens is 1. The average molecular weight is 348 g/mol. The molecular formula is C22H21FN2O. The van der Waals surface area contributed by atoms with Crippen molar-refractivity contribution in [3.8, 4) is 0 Å². The highest BCUT2D eigenvalue weighted by Crippen LogP contribution is 2.41. The predicted octanol–water partition coefficient (Wildman–Crippen LogP) is 3.95. The topological polar surface area (TPSA) is 32.3 Å². The summed E-state index contributed by atoms with van der Waals surface area (Å²) in [6.45, 7) is 0.927. The molecule has 0 bridgehead atoms. The summed E-state index contributed by atoms with van der Waals surface area (Å²) in [5, 5.41) is 2.82. The summed E-state index contributed by atoms with van der Waals surface area (Å²) in [5.41, 5.74) is 4.06. The first-order valence-electron chi connectivity index (χ1n) is 8.78. The van der Waals surface area contributed by atoms with Crippen LogP contribution < -0.4 is 5.32 Å². The Morgan fingerprint density at radius 1 is 1.23 bits per heavy atom. The molecule has 1 amide bonds. The van der Waals surface area contributed by atoms with Gasteiger partial charge in [-0.2, -0.15) is 0 Å². The van der Waals surface area contributed by atoms with E-state index in [-0.39, 0.29) is 17.6 Å². The minimum Gasteiger partial charge on any atom is -0.321 e. The Morgan fingerprint density at radius 3 is 2.88 bits per heavy atom. The molecule has 0 aromatic heterocycles. The number of hydrogen-bond donors (Lipinski definition) is 1. The Morgan fingerprint density at radius 2 is 2.08 bits per heavy atom. The van der Waals surface area contributed by atoms with Gasteiger partial charge in [-0.05, 0) is 49.5 Å². The van der Waals surface area contributed by atoms with Gasteiger partial charge in [-0.15, -0.1) is 0 Å². The molecule has 1 heterocycles. The molecule has 2 atom stereocenters. The van der Waals surface area contributed by atoms with Crippen LogP contribution in [-0.2, 0) is 4.79 Å². The molecule has 3 aliphatic rings. The van der Waals surface area contributed by atoms with E-state index in [1.165, 1.54) is 17.7 Å². The maximum absolute atomic E-state index is 13.7. The van der Waals surface area contributed by atoms with Gasteiger partial charge in [0.15, 0.2) is 0 Å². The van der Waals surface area contributed by atoms with Crippen molar-refractivity contribution in [2.24, 2.45) is 11.8 Å². The van der Waals surface area contributed by atoms with Crippen LogP contribution in [0.4, 0.5) is 10.1 Å².